The second-order valence-corrected chi connectivity index (χ2v) is 3.84. The monoisotopic (exact) mass is 270 g/mol. The predicted molar refractivity (Wildman–Crippen MR) is 64.2 cm³/mol. The number of rotatable bonds is 6. The number of carboxylic acid groups (broad SMARTS) is 1. The van der Waals surface area contributed by atoms with Crippen molar-refractivity contribution in [1.82, 2.24) is 0 Å². The number of carboxylic acids is 1. The Hall–Kier alpha value is -1.95. The van der Waals surface area contributed by atoms with Crippen molar-refractivity contribution < 1.29 is 28.6 Å². The number of ether oxygens (including phenoxy) is 2. The second kappa shape index (κ2) is 6.29. The minimum atomic E-state index is -2.20. The topological polar surface area (TPSA) is 72.8 Å². The van der Waals surface area contributed by atoms with Crippen LogP contribution in [-0.4, -0.2) is 37.4 Å². The van der Waals surface area contributed by atoms with Gasteiger partial charge in [-0.05, 0) is 13.0 Å². The number of aliphatic carboxylic acids is 1. The summed E-state index contributed by atoms with van der Waals surface area (Å²) in [6.07, 6.45) is 0. The van der Waals surface area contributed by atoms with E-state index in [0.717, 1.165) is 6.07 Å². The molecule has 1 aromatic rings. The van der Waals surface area contributed by atoms with Gasteiger partial charge in [0.15, 0.2) is 0 Å². The van der Waals surface area contributed by atoms with Crippen LogP contribution in [0.4, 0.5) is 4.39 Å². The molecule has 0 fully saturated rings. The van der Waals surface area contributed by atoms with Gasteiger partial charge in [0.05, 0.1) is 13.2 Å². The summed E-state index contributed by atoms with van der Waals surface area (Å²) >= 11 is 0. The van der Waals surface area contributed by atoms with Gasteiger partial charge in [-0.2, -0.15) is 0 Å². The molecule has 5 nitrogen and oxygen atoms in total. The lowest BCUT2D eigenvalue weighted by Gasteiger charge is -2.27. The molecule has 0 radical (unpaired) electrons. The maximum absolute atomic E-state index is 13.8. The van der Waals surface area contributed by atoms with E-state index in [2.05, 4.69) is 0 Å². The smallest absolute Gasteiger partial charge is 0.330 e. The van der Waals surface area contributed by atoms with Crippen LogP contribution in [-0.2, 0) is 24.5 Å². The van der Waals surface area contributed by atoms with Crippen LogP contribution in [0.3, 0.4) is 0 Å². The van der Waals surface area contributed by atoms with Crippen molar-refractivity contribution in [3.8, 4) is 0 Å². The average Bonchev–Trinajstić information content (AvgIpc) is 2.36. The van der Waals surface area contributed by atoms with Gasteiger partial charge in [-0.3, -0.25) is 9.59 Å². The third kappa shape index (κ3) is 2.73. The Bertz CT molecular complexity index is 474. The van der Waals surface area contributed by atoms with E-state index in [1.165, 1.54) is 25.3 Å². The molecule has 0 aliphatic carbocycles. The molecule has 0 bridgehead atoms. The molecule has 104 valence electrons. The highest BCUT2D eigenvalue weighted by molar-refractivity contribution is 6.05. The van der Waals surface area contributed by atoms with Crippen molar-refractivity contribution in [3.05, 3.63) is 35.6 Å². The van der Waals surface area contributed by atoms with Crippen LogP contribution in [0.25, 0.3) is 0 Å². The molecule has 0 saturated heterocycles. The van der Waals surface area contributed by atoms with E-state index in [9.17, 15) is 19.1 Å². The summed E-state index contributed by atoms with van der Waals surface area (Å²) in [5.74, 6) is -3.36. The van der Waals surface area contributed by atoms with Crippen molar-refractivity contribution in [3.63, 3.8) is 0 Å². The summed E-state index contributed by atoms with van der Waals surface area (Å²) in [6.45, 7) is 1.02. The minimum absolute atomic E-state index is 0.00791. The zero-order valence-corrected chi connectivity index (χ0v) is 10.7. The highest BCUT2D eigenvalue weighted by Crippen LogP contribution is 2.29. The summed E-state index contributed by atoms with van der Waals surface area (Å²) in [4.78, 5) is 23.5. The SMILES string of the molecule is CCOC(=O)C(COC)(C(=O)O)c1ccccc1F. The second-order valence-electron chi connectivity index (χ2n) is 3.84. The normalized spacial score (nSPS) is 13.6. The molecule has 1 N–H and O–H groups in total. The molecule has 6 heteroatoms. The van der Waals surface area contributed by atoms with Gasteiger partial charge in [-0.15, -0.1) is 0 Å². The van der Waals surface area contributed by atoms with Gasteiger partial charge in [0.2, 0.25) is 5.41 Å². The molecule has 0 spiro atoms. The first kappa shape index (κ1) is 15.1. The molecule has 1 rings (SSSR count). The molecule has 0 aliphatic heterocycles. The van der Waals surface area contributed by atoms with Crippen molar-refractivity contribution in [2.45, 2.75) is 12.3 Å². The molecule has 19 heavy (non-hydrogen) atoms. The Labute approximate surface area is 109 Å². The van der Waals surface area contributed by atoms with Gasteiger partial charge in [0.1, 0.15) is 5.82 Å². The lowest BCUT2D eigenvalue weighted by atomic mass is 9.80. The van der Waals surface area contributed by atoms with Crippen molar-refractivity contribution in [1.29, 1.82) is 0 Å². The van der Waals surface area contributed by atoms with Crippen LogP contribution in [0, 0.1) is 5.82 Å². The van der Waals surface area contributed by atoms with Crippen LogP contribution in [0.1, 0.15) is 12.5 Å². The fourth-order valence-corrected chi connectivity index (χ4v) is 1.79. The molecule has 1 atom stereocenters. The van der Waals surface area contributed by atoms with E-state index in [1.54, 1.807) is 6.92 Å². The maximum atomic E-state index is 13.8. The van der Waals surface area contributed by atoms with Crippen LogP contribution in [0.2, 0.25) is 0 Å². The number of hydrogen-bond donors (Lipinski definition) is 1. The summed E-state index contributed by atoms with van der Waals surface area (Å²) < 4.78 is 23.4. The lowest BCUT2D eigenvalue weighted by molar-refractivity contribution is -0.164. The third-order valence-electron chi connectivity index (χ3n) is 2.68. The van der Waals surface area contributed by atoms with Crippen LogP contribution >= 0.6 is 0 Å². The van der Waals surface area contributed by atoms with Crippen molar-refractivity contribution >= 4 is 11.9 Å². The van der Waals surface area contributed by atoms with Crippen LogP contribution in [0.15, 0.2) is 24.3 Å². The van der Waals surface area contributed by atoms with Crippen molar-refractivity contribution in [2.75, 3.05) is 20.3 Å². The van der Waals surface area contributed by atoms with Gasteiger partial charge >= 0.3 is 11.9 Å². The highest BCUT2D eigenvalue weighted by atomic mass is 19.1. The molecular formula is C13H15FO5. The van der Waals surface area contributed by atoms with E-state index in [1.807, 2.05) is 0 Å². The zero-order valence-electron chi connectivity index (χ0n) is 10.7. The van der Waals surface area contributed by atoms with Gasteiger partial charge in [-0.1, -0.05) is 18.2 Å². The number of halogens is 1. The molecule has 0 aromatic heterocycles. The molecule has 1 unspecified atom stereocenters. The highest BCUT2D eigenvalue weighted by Gasteiger charge is 2.51. The largest absolute Gasteiger partial charge is 0.480 e. The van der Waals surface area contributed by atoms with E-state index < -0.39 is 29.8 Å². The van der Waals surface area contributed by atoms with Crippen LogP contribution < -0.4 is 0 Å². The Kier molecular flexibility index (Phi) is 5.00. The number of carbonyl (C=O) groups excluding carboxylic acids is 1. The Morgan fingerprint density at radius 1 is 1.37 bits per heavy atom. The molecule has 0 heterocycles. The average molecular weight is 270 g/mol. The Balaban J connectivity index is 3.44. The Morgan fingerprint density at radius 2 is 2.00 bits per heavy atom. The van der Waals surface area contributed by atoms with E-state index >= 15 is 0 Å². The molecule has 1 aromatic carbocycles. The van der Waals surface area contributed by atoms with Crippen molar-refractivity contribution in [2.24, 2.45) is 0 Å². The van der Waals surface area contributed by atoms with Gasteiger partial charge < -0.3 is 14.6 Å². The standard InChI is InChI=1S/C13H15FO5/c1-3-19-12(17)13(8-18-2,11(15)16)9-6-4-5-7-10(9)14/h4-7H,3,8H2,1-2H3,(H,15,16). The number of carbonyl (C=O) groups is 2. The summed E-state index contributed by atoms with van der Waals surface area (Å²) in [6, 6.07) is 5.18. The third-order valence-corrected chi connectivity index (χ3v) is 2.68. The minimum Gasteiger partial charge on any atom is -0.480 e. The molecular weight excluding hydrogens is 255 g/mol. The molecule has 0 amide bonds. The first-order valence-corrected chi connectivity index (χ1v) is 5.65. The zero-order chi connectivity index (χ0) is 14.5. The van der Waals surface area contributed by atoms with Gasteiger partial charge in [0.25, 0.3) is 0 Å². The fourth-order valence-electron chi connectivity index (χ4n) is 1.79. The summed E-state index contributed by atoms with van der Waals surface area (Å²) in [7, 11) is 1.23. The number of esters is 1. The van der Waals surface area contributed by atoms with E-state index in [-0.39, 0.29) is 12.2 Å². The Morgan fingerprint density at radius 3 is 2.47 bits per heavy atom. The molecule has 0 saturated carbocycles. The summed E-state index contributed by atoms with van der Waals surface area (Å²) in [5.41, 5.74) is -2.47. The lowest BCUT2D eigenvalue weighted by Crippen LogP contribution is -2.49. The summed E-state index contributed by atoms with van der Waals surface area (Å²) in [5, 5.41) is 9.38. The quantitative estimate of drug-likeness (QED) is 0.624. The van der Waals surface area contributed by atoms with E-state index in [4.69, 9.17) is 9.47 Å². The number of hydrogen-bond acceptors (Lipinski definition) is 4. The molecule has 0 aliphatic rings. The van der Waals surface area contributed by atoms with Gasteiger partial charge in [-0.25, -0.2) is 4.39 Å². The van der Waals surface area contributed by atoms with Crippen LogP contribution in [0.5, 0.6) is 0 Å². The predicted octanol–water partition coefficient (Wildman–Crippen LogP) is 1.36. The maximum Gasteiger partial charge on any atom is 0.330 e. The number of methoxy groups -OCH3 is 1. The first-order chi connectivity index (χ1) is 9.00. The number of benzene rings is 1. The van der Waals surface area contributed by atoms with Gasteiger partial charge in [0, 0.05) is 12.7 Å². The van der Waals surface area contributed by atoms with E-state index in [0.29, 0.717) is 0 Å². The fraction of sp³-hybridized carbons (Fsp3) is 0.385. The first-order valence-electron chi connectivity index (χ1n) is 5.65.